The van der Waals surface area contributed by atoms with Crippen LogP contribution in [-0.2, 0) is 0 Å². The first kappa shape index (κ1) is 15.0. The fourth-order valence-corrected chi connectivity index (χ4v) is 3.36. The van der Waals surface area contributed by atoms with E-state index in [1.807, 2.05) is 0 Å². The molecule has 0 aliphatic carbocycles. The smallest absolute Gasteiger partial charge is 0.0330 e. The molecule has 106 valence electrons. The predicted octanol–water partition coefficient (Wildman–Crippen LogP) is 3.69. The maximum atomic E-state index is 3.55. The van der Waals surface area contributed by atoms with Crippen LogP contribution in [0.3, 0.4) is 0 Å². The first-order chi connectivity index (χ1) is 9.10. The normalized spacial score (nSPS) is 25.7. The molecular weight excluding hydrogens is 300 g/mol. The summed E-state index contributed by atoms with van der Waals surface area (Å²) in [5.41, 5.74) is 1.37. The number of hydrogen-bond donors (Lipinski definition) is 1. The van der Waals surface area contributed by atoms with Gasteiger partial charge in [0.2, 0.25) is 0 Å². The van der Waals surface area contributed by atoms with Crippen LogP contribution in [0.2, 0.25) is 0 Å². The molecule has 3 unspecified atom stereocenters. The van der Waals surface area contributed by atoms with Crippen LogP contribution in [0.4, 0.5) is 0 Å². The van der Waals surface area contributed by atoms with E-state index in [2.05, 4.69) is 71.3 Å². The van der Waals surface area contributed by atoms with E-state index in [-0.39, 0.29) is 0 Å². The van der Waals surface area contributed by atoms with Crippen molar-refractivity contribution < 1.29 is 0 Å². The molecule has 2 nitrogen and oxygen atoms in total. The molecule has 0 spiro atoms. The fraction of sp³-hybridized carbons (Fsp3) is 0.625. The van der Waals surface area contributed by atoms with Crippen LogP contribution >= 0.6 is 15.9 Å². The Labute approximate surface area is 125 Å². The molecule has 0 amide bonds. The first-order valence-corrected chi connectivity index (χ1v) is 8.04. The Morgan fingerprint density at radius 2 is 2.00 bits per heavy atom. The minimum absolute atomic E-state index is 0.448. The van der Waals surface area contributed by atoms with Gasteiger partial charge in [-0.1, -0.05) is 41.9 Å². The second-order valence-electron chi connectivity index (χ2n) is 5.90. The van der Waals surface area contributed by atoms with Gasteiger partial charge >= 0.3 is 0 Å². The van der Waals surface area contributed by atoms with Crippen molar-refractivity contribution in [1.82, 2.24) is 10.2 Å². The number of nitrogens with zero attached hydrogens (tertiary/aromatic N) is 1. The quantitative estimate of drug-likeness (QED) is 0.888. The van der Waals surface area contributed by atoms with E-state index in [1.165, 1.54) is 31.6 Å². The van der Waals surface area contributed by atoms with Crippen molar-refractivity contribution in [3.8, 4) is 0 Å². The molecule has 3 heteroatoms. The molecule has 1 aromatic rings. The molecule has 1 aliphatic heterocycles. The maximum Gasteiger partial charge on any atom is 0.0330 e. The third kappa shape index (κ3) is 4.04. The van der Waals surface area contributed by atoms with Gasteiger partial charge in [0.05, 0.1) is 0 Å². The Hall–Kier alpha value is -0.380. The van der Waals surface area contributed by atoms with Crippen LogP contribution in [0.5, 0.6) is 0 Å². The van der Waals surface area contributed by atoms with Crippen molar-refractivity contribution in [2.75, 3.05) is 26.7 Å². The van der Waals surface area contributed by atoms with Crippen molar-refractivity contribution in [2.45, 2.75) is 26.3 Å². The molecule has 0 saturated carbocycles. The lowest BCUT2D eigenvalue weighted by atomic mass is 10.0. The zero-order valence-electron chi connectivity index (χ0n) is 12.2. The molecule has 1 aromatic carbocycles. The summed E-state index contributed by atoms with van der Waals surface area (Å²) in [6, 6.07) is 9.07. The molecule has 0 aromatic heterocycles. The van der Waals surface area contributed by atoms with Gasteiger partial charge in [0.25, 0.3) is 0 Å². The van der Waals surface area contributed by atoms with Crippen molar-refractivity contribution >= 4 is 15.9 Å². The predicted molar refractivity (Wildman–Crippen MR) is 85.3 cm³/mol. The summed E-state index contributed by atoms with van der Waals surface area (Å²) in [7, 11) is 2.06. The number of rotatable bonds is 5. The van der Waals surface area contributed by atoms with Gasteiger partial charge in [-0.3, -0.25) is 0 Å². The van der Waals surface area contributed by atoms with Crippen molar-refractivity contribution in [3.05, 3.63) is 34.3 Å². The third-order valence-corrected chi connectivity index (χ3v) is 4.89. The first-order valence-electron chi connectivity index (χ1n) is 7.25. The topological polar surface area (TPSA) is 15.3 Å². The van der Waals surface area contributed by atoms with Gasteiger partial charge in [-0.25, -0.2) is 0 Å². The average molecular weight is 325 g/mol. The van der Waals surface area contributed by atoms with Crippen LogP contribution in [0.1, 0.15) is 31.9 Å². The highest BCUT2D eigenvalue weighted by molar-refractivity contribution is 9.10. The molecule has 1 fully saturated rings. The highest BCUT2D eigenvalue weighted by atomic mass is 79.9. The summed E-state index contributed by atoms with van der Waals surface area (Å²) >= 11 is 3.55. The van der Waals surface area contributed by atoms with E-state index in [0.29, 0.717) is 6.04 Å². The highest BCUT2D eigenvalue weighted by Gasteiger charge is 2.26. The van der Waals surface area contributed by atoms with Gasteiger partial charge in [0.15, 0.2) is 0 Å². The molecule has 3 atom stereocenters. The number of halogens is 1. The summed E-state index contributed by atoms with van der Waals surface area (Å²) in [5.74, 6) is 1.69. The SMILES string of the molecule is CNC(CCN1CC(C)C(C)C1)c1cccc(Br)c1. The van der Waals surface area contributed by atoms with Gasteiger partial charge in [0.1, 0.15) is 0 Å². The largest absolute Gasteiger partial charge is 0.313 e. The Bertz CT molecular complexity index is 397. The zero-order valence-corrected chi connectivity index (χ0v) is 13.8. The maximum absolute atomic E-state index is 3.55. The van der Waals surface area contributed by atoms with Gasteiger partial charge in [0, 0.05) is 23.6 Å². The molecule has 1 heterocycles. The molecule has 0 radical (unpaired) electrons. The van der Waals surface area contributed by atoms with Crippen LogP contribution in [0.15, 0.2) is 28.7 Å². The number of nitrogens with one attached hydrogen (secondary N) is 1. The van der Waals surface area contributed by atoms with E-state index in [1.54, 1.807) is 0 Å². The van der Waals surface area contributed by atoms with E-state index < -0.39 is 0 Å². The molecule has 2 rings (SSSR count). The Morgan fingerprint density at radius 1 is 1.32 bits per heavy atom. The second kappa shape index (κ2) is 6.87. The molecule has 1 N–H and O–H groups in total. The summed E-state index contributed by atoms with van der Waals surface area (Å²) in [5, 5.41) is 3.44. The number of hydrogen-bond acceptors (Lipinski definition) is 2. The van der Waals surface area contributed by atoms with Gasteiger partial charge in [-0.2, -0.15) is 0 Å². The van der Waals surface area contributed by atoms with Gasteiger partial charge in [-0.15, -0.1) is 0 Å². The average Bonchev–Trinajstić information content (AvgIpc) is 2.70. The van der Waals surface area contributed by atoms with E-state index in [9.17, 15) is 0 Å². The third-order valence-electron chi connectivity index (χ3n) is 4.40. The fourth-order valence-electron chi connectivity index (χ4n) is 2.94. The lowest BCUT2D eigenvalue weighted by Crippen LogP contribution is -2.27. The second-order valence-corrected chi connectivity index (χ2v) is 6.81. The Kier molecular flexibility index (Phi) is 5.43. The van der Waals surface area contributed by atoms with Crippen LogP contribution < -0.4 is 5.32 Å². The van der Waals surface area contributed by atoms with Crippen molar-refractivity contribution in [1.29, 1.82) is 0 Å². The minimum Gasteiger partial charge on any atom is -0.313 e. The molecule has 0 bridgehead atoms. The van der Waals surface area contributed by atoms with Crippen molar-refractivity contribution in [3.63, 3.8) is 0 Å². The Morgan fingerprint density at radius 3 is 2.58 bits per heavy atom. The lowest BCUT2D eigenvalue weighted by molar-refractivity contribution is 0.301. The minimum atomic E-state index is 0.448. The summed E-state index contributed by atoms with van der Waals surface area (Å²) in [4.78, 5) is 2.61. The zero-order chi connectivity index (χ0) is 13.8. The van der Waals surface area contributed by atoms with E-state index >= 15 is 0 Å². The van der Waals surface area contributed by atoms with Crippen LogP contribution in [0, 0.1) is 11.8 Å². The van der Waals surface area contributed by atoms with E-state index in [4.69, 9.17) is 0 Å². The number of likely N-dealkylation sites (tertiary alicyclic amines) is 1. The summed E-state index contributed by atoms with van der Waals surface area (Å²) < 4.78 is 1.16. The highest BCUT2D eigenvalue weighted by Crippen LogP contribution is 2.25. The van der Waals surface area contributed by atoms with Crippen molar-refractivity contribution in [2.24, 2.45) is 11.8 Å². The lowest BCUT2D eigenvalue weighted by Gasteiger charge is -2.21. The Balaban J connectivity index is 1.90. The molecule has 19 heavy (non-hydrogen) atoms. The number of benzene rings is 1. The van der Waals surface area contributed by atoms with E-state index in [0.717, 1.165) is 16.3 Å². The monoisotopic (exact) mass is 324 g/mol. The van der Waals surface area contributed by atoms with Gasteiger partial charge < -0.3 is 10.2 Å². The summed E-state index contributed by atoms with van der Waals surface area (Å²) in [6.45, 7) is 8.45. The van der Waals surface area contributed by atoms with Crippen LogP contribution in [0.25, 0.3) is 0 Å². The molecular formula is C16H25BrN2. The molecule has 1 saturated heterocycles. The van der Waals surface area contributed by atoms with Gasteiger partial charge in [-0.05, 0) is 49.5 Å². The standard InChI is InChI=1S/C16H25BrN2/c1-12-10-19(11-13(12)2)8-7-16(18-3)14-5-4-6-15(17)9-14/h4-6,9,12-13,16,18H,7-8,10-11H2,1-3H3. The molecule has 1 aliphatic rings. The van der Waals surface area contributed by atoms with Crippen LogP contribution in [-0.4, -0.2) is 31.6 Å². The summed E-state index contributed by atoms with van der Waals surface area (Å²) in [6.07, 6.45) is 1.17.